The molecule has 0 saturated carbocycles. The van der Waals surface area contributed by atoms with E-state index in [1.54, 1.807) is 0 Å². The van der Waals surface area contributed by atoms with Gasteiger partial charge in [0, 0.05) is 56.8 Å². The molecule has 0 aliphatic heterocycles. The predicted molar refractivity (Wildman–Crippen MR) is 185 cm³/mol. The van der Waals surface area contributed by atoms with Gasteiger partial charge in [0.1, 0.15) is 0 Å². The van der Waals surface area contributed by atoms with Gasteiger partial charge in [-0.25, -0.2) is 0 Å². The minimum Gasteiger partial charge on any atom is -0.261 e. The van der Waals surface area contributed by atoms with Crippen molar-refractivity contribution in [3.05, 3.63) is 88.8 Å². The van der Waals surface area contributed by atoms with Crippen molar-refractivity contribution in [2.24, 2.45) is 0 Å². The summed E-state index contributed by atoms with van der Waals surface area (Å²) in [6.07, 6.45) is 3.92. The Kier molecular flexibility index (Phi) is 12.0. The Morgan fingerprint density at radius 1 is 0.381 bits per heavy atom. The molecule has 0 radical (unpaired) electrons. The van der Waals surface area contributed by atoms with Crippen LogP contribution < -0.4 is 0 Å². The average molecular weight is 574 g/mol. The van der Waals surface area contributed by atoms with Crippen LogP contribution in [0, 0.1) is 0 Å². The fourth-order valence-electron chi connectivity index (χ4n) is 3.86. The maximum absolute atomic E-state index is 4.72. The van der Waals surface area contributed by atoms with Crippen molar-refractivity contribution in [3.8, 4) is 0 Å². The molecule has 0 atom stereocenters. The molecular formula is C39H63N3. The molecule has 234 valence electrons. The molecule has 0 saturated heterocycles. The van der Waals surface area contributed by atoms with Crippen molar-refractivity contribution < 1.29 is 0 Å². The second-order valence-corrected chi connectivity index (χ2v) is 17.8. The predicted octanol–water partition coefficient (Wildman–Crippen LogP) is 11.0. The fourth-order valence-corrected chi connectivity index (χ4v) is 3.86. The summed E-state index contributed by atoms with van der Waals surface area (Å²) in [5.74, 6) is 0. The van der Waals surface area contributed by atoms with Crippen LogP contribution in [0.3, 0.4) is 0 Å². The Morgan fingerprint density at radius 3 is 1.14 bits per heavy atom. The standard InChI is InChI=1S/3C13H21N/c1-12(2,3)10-7-8-14-11(9-10)13(4,5)6;1-12(2,3)10-7-8-11(14-9-10)13(4,5)6;1-12(2,3)10-8-7-9-11(14-10)13(4,5)6/h3*7-9H,1-6H3. The molecule has 3 aromatic rings. The van der Waals surface area contributed by atoms with Crippen molar-refractivity contribution >= 4 is 0 Å². The highest BCUT2D eigenvalue weighted by Crippen LogP contribution is 2.28. The van der Waals surface area contributed by atoms with E-state index in [9.17, 15) is 0 Å². The average Bonchev–Trinajstić information content (AvgIpc) is 2.82. The van der Waals surface area contributed by atoms with Crippen LogP contribution in [0.15, 0.2) is 54.9 Å². The number of aromatic nitrogens is 3. The first-order chi connectivity index (χ1) is 18.6. The normalized spacial score (nSPS) is 13.0. The third kappa shape index (κ3) is 12.4. The van der Waals surface area contributed by atoms with E-state index < -0.39 is 0 Å². The van der Waals surface area contributed by atoms with Gasteiger partial charge in [0.15, 0.2) is 0 Å². The molecule has 0 unspecified atom stereocenters. The van der Waals surface area contributed by atoms with Gasteiger partial charge < -0.3 is 0 Å². The number of nitrogens with zero attached hydrogens (tertiary/aromatic N) is 3. The Hall–Kier alpha value is -2.55. The topological polar surface area (TPSA) is 38.7 Å². The van der Waals surface area contributed by atoms with Gasteiger partial charge in [0.05, 0.1) is 0 Å². The molecular weight excluding hydrogens is 510 g/mol. The zero-order valence-electron chi connectivity index (χ0n) is 30.5. The monoisotopic (exact) mass is 574 g/mol. The summed E-state index contributed by atoms with van der Waals surface area (Å²) >= 11 is 0. The summed E-state index contributed by atoms with van der Waals surface area (Å²) in [4.78, 5) is 13.7. The molecule has 3 rings (SSSR count). The number of hydrogen-bond donors (Lipinski definition) is 0. The van der Waals surface area contributed by atoms with Crippen LogP contribution >= 0.6 is 0 Å². The third-order valence-electron chi connectivity index (χ3n) is 7.08. The third-order valence-corrected chi connectivity index (χ3v) is 7.08. The molecule has 42 heavy (non-hydrogen) atoms. The number of hydrogen-bond acceptors (Lipinski definition) is 3. The summed E-state index contributed by atoms with van der Waals surface area (Å²) in [6.45, 7) is 39.6. The van der Waals surface area contributed by atoms with Gasteiger partial charge in [0.2, 0.25) is 0 Å². The highest BCUT2D eigenvalue weighted by molar-refractivity contribution is 5.27. The molecule has 3 nitrogen and oxygen atoms in total. The first-order valence-electron chi connectivity index (χ1n) is 15.6. The zero-order chi connectivity index (χ0) is 32.9. The lowest BCUT2D eigenvalue weighted by molar-refractivity contribution is 0.531. The minimum absolute atomic E-state index is 0.140. The molecule has 0 aliphatic carbocycles. The highest BCUT2D eigenvalue weighted by Gasteiger charge is 2.21. The Morgan fingerprint density at radius 2 is 0.810 bits per heavy atom. The quantitative estimate of drug-likeness (QED) is 0.268. The van der Waals surface area contributed by atoms with E-state index in [0.717, 1.165) is 5.69 Å². The molecule has 3 aromatic heterocycles. The molecule has 0 aromatic carbocycles. The summed E-state index contributed by atoms with van der Waals surface area (Å²) < 4.78 is 0. The van der Waals surface area contributed by atoms with Crippen LogP contribution in [-0.4, -0.2) is 15.0 Å². The highest BCUT2D eigenvalue weighted by atomic mass is 14.7. The van der Waals surface area contributed by atoms with E-state index in [0.29, 0.717) is 0 Å². The molecule has 0 spiro atoms. The summed E-state index contributed by atoms with van der Waals surface area (Å²) in [5.41, 5.74) is 8.31. The Labute approximate surface area is 260 Å². The maximum atomic E-state index is 4.72. The van der Waals surface area contributed by atoms with Gasteiger partial charge in [-0.15, -0.1) is 0 Å². The van der Waals surface area contributed by atoms with E-state index >= 15 is 0 Å². The lowest BCUT2D eigenvalue weighted by atomic mass is 9.84. The van der Waals surface area contributed by atoms with Crippen LogP contribution in [-0.2, 0) is 32.5 Å². The lowest BCUT2D eigenvalue weighted by Gasteiger charge is -2.23. The van der Waals surface area contributed by atoms with Crippen molar-refractivity contribution in [1.29, 1.82) is 0 Å². The Bertz CT molecular complexity index is 1080. The van der Waals surface area contributed by atoms with Gasteiger partial charge in [-0.2, -0.15) is 0 Å². The first-order valence-corrected chi connectivity index (χ1v) is 15.6. The largest absolute Gasteiger partial charge is 0.261 e. The van der Waals surface area contributed by atoms with E-state index in [2.05, 4.69) is 177 Å². The summed E-state index contributed by atoms with van der Waals surface area (Å²) in [5, 5.41) is 0. The molecule has 0 aliphatic rings. The van der Waals surface area contributed by atoms with Crippen LogP contribution in [0.2, 0.25) is 0 Å². The van der Waals surface area contributed by atoms with Gasteiger partial charge in [-0.3, -0.25) is 15.0 Å². The van der Waals surface area contributed by atoms with E-state index in [1.807, 2.05) is 12.4 Å². The van der Waals surface area contributed by atoms with E-state index in [-0.39, 0.29) is 32.5 Å². The van der Waals surface area contributed by atoms with Crippen molar-refractivity contribution in [3.63, 3.8) is 0 Å². The van der Waals surface area contributed by atoms with E-state index in [1.165, 1.54) is 28.2 Å². The van der Waals surface area contributed by atoms with Gasteiger partial charge >= 0.3 is 0 Å². The van der Waals surface area contributed by atoms with Crippen LogP contribution in [0.5, 0.6) is 0 Å². The molecule has 0 fully saturated rings. The summed E-state index contributed by atoms with van der Waals surface area (Å²) in [7, 11) is 0. The van der Waals surface area contributed by atoms with Gasteiger partial charge in [-0.05, 0) is 52.3 Å². The van der Waals surface area contributed by atoms with Crippen molar-refractivity contribution in [1.82, 2.24) is 15.0 Å². The SMILES string of the molecule is CC(C)(C)c1ccc(C(C)(C)C)nc1.CC(C)(C)c1cccc(C(C)(C)C)n1.CC(C)(C)c1ccnc(C(C)(C)C)c1. The molecule has 3 heteroatoms. The zero-order valence-corrected chi connectivity index (χ0v) is 30.5. The molecule has 0 N–H and O–H groups in total. The van der Waals surface area contributed by atoms with Crippen LogP contribution in [0.1, 0.15) is 159 Å². The van der Waals surface area contributed by atoms with Crippen molar-refractivity contribution in [2.75, 3.05) is 0 Å². The first kappa shape index (κ1) is 37.5. The number of pyridine rings is 3. The van der Waals surface area contributed by atoms with Crippen LogP contribution in [0.25, 0.3) is 0 Å². The molecule has 0 bridgehead atoms. The lowest BCUT2D eigenvalue weighted by Crippen LogP contribution is -2.19. The molecule has 0 amide bonds. The maximum Gasteiger partial charge on any atom is 0.0460 e. The summed E-state index contributed by atoms with van der Waals surface area (Å²) in [6, 6.07) is 15.0. The van der Waals surface area contributed by atoms with Gasteiger partial charge in [-0.1, -0.05) is 137 Å². The number of rotatable bonds is 0. The van der Waals surface area contributed by atoms with Gasteiger partial charge in [0.25, 0.3) is 0 Å². The smallest absolute Gasteiger partial charge is 0.0460 e. The fraction of sp³-hybridized carbons (Fsp3) is 0.615. The molecule has 3 heterocycles. The van der Waals surface area contributed by atoms with Crippen molar-refractivity contribution in [2.45, 2.75) is 157 Å². The van der Waals surface area contributed by atoms with Crippen LogP contribution in [0.4, 0.5) is 0 Å². The minimum atomic E-state index is 0.140. The second kappa shape index (κ2) is 13.4. The Balaban J connectivity index is 0.000000315. The second-order valence-electron chi connectivity index (χ2n) is 17.8. The van der Waals surface area contributed by atoms with E-state index in [4.69, 9.17) is 4.98 Å².